The van der Waals surface area contributed by atoms with E-state index in [1.807, 2.05) is 0 Å². The second-order valence-electron chi connectivity index (χ2n) is 6.66. The number of rotatable bonds is 4. The molecule has 3 fully saturated rings. The third-order valence-electron chi connectivity index (χ3n) is 5.07. The summed E-state index contributed by atoms with van der Waals surface area (Å²) in [6, 6.07) is 3.03. The Morgan fingerprint density at radius 1 is 1.26 bits per heavy atom. The van der Waals surface area contributed by atoms with Crippen molar-refractivity contribution in [3.05, 3.63) is 35.4 Å². The Morgan fingerprint density at radius 3 is 2.57 bits per heavy atom. The van der Waals surface area contributed by atoms with E-state index >= 15 is 0 Å². The molecule has 0 saturated carbocycles. The molecule has 0 radical (unpaired) electrons. The molecule has 0 aliphatic carbocycles. The van der Waals surface area contributed by atoms with E-state index in [0.29, 0.717) is 16.9 Å². The Bertz CT molecular complexity index is 639. The molecule has 1 aromatic carbocycles. The van der Waals surface area contributed by atoms with Crippen molar-refractivity contribution < 1.29 is 27.6 Å². The lowest BCUT2D eigenvalue weighted by atomic mass is 9.83. The van der Waals surface area contributed by atoms with Crippen LogP contribution in [0.3, 0.4) is 0 Å². The molecule has 1 aromatic rings. The van der Waals surface area contributed by atoms with Crippen LogP contribution in [0.25, 0.3) is 0 Å². The first-order valence-corrected chi connectivity index (χ1v) is 7.89. The highest BCUT2D eigenvalue weighted by Gasteiger charge is 2.48. The fraction of sp³-hybridized carbons (Fsp3) is 0.529. The van der Waals surface area contributed by atoms with Crippen molar-refractivity contribution in [1.29, 1.82) is 0 Å². The molecule has 2 bridgehead atoms. The Kier molecular flexibility index (Phi) is 4.19. The van der Waals surface area contributed by atoms with Gasteiger partial charge in [-0.05, 0) is 12.1 Å². The van der Waals surface area contributed by atoms with Crippen LogP contribution in [0.15, 0.2) is 18.2 Å². The van der Waals surface area contributed by atoms with Crippen LogP contribution in [0.4, 0.5) is 8.78 Å². The summed E-state index contributed by atoms with van der Waals surface area (Å²) in [7, 11) is 0. The number of piperidine rings is 3. The molecule has 3 heterocycles. The van der Waals surface area contributed by atoms with Gasteiger partial charge in [-0.15, -0.1) is 0 Å². The molecule has 0 N–H and O–H groups in total. The van der Waals surface area contributed by atoms with Crippen LogP contribution in [0.5, 0.6) is 0 Å². The van der Waals surface area contributed by atoms with E-state index in [2.05, 4.69) is 0 Å². The van der Waals surface area contributed by atoms with Gasteiger partial charge in [0.25, 0.3) is 0 Å². The van der Waals surface area contributed by atoms with Crippen LogP contribution in [0.2, 0.25) is 0 Å². The topological polar surface area (TPSA) is 43.4 Å². The van der Waals surface area contributed by atoms with Crippen LogP contribution in [-0.4, -0.2) is 48.5 Å². The predicted molar refractivity (Wildman–Crippen MR) is 78.7 cm³/mol. The van der Waals surface area contributed by atoms with E-state index in [-0.39, 0.29) is 30.0 Å². The molecule has 0 unspecified atom stereocenters. The van der Waals surface area contributed by atoms with Crippen LogP contribution >= 0.6 is 0 Å². The van der Waals surface area contributed by atoms with Gasteiger partial charge in [-0.25, -0.2) is 8.78 Å². The summed E-state index contributed by atoms with van der Waals surface area (Å²) < 4.78 is 32.7. The maximum Gasteiger partial charge on any atom is 0.303 e. The number of ether oxygens (including phenoxy) is 1. The summed E-state index contributed by atoms with van der Waals surface area (Å²) in [6.07, 6.45) is 1.63. The summed E-state index contributed by atoms with van der Waals surface area (Å²) in [5, 5.41) is 0. The molecule has 3 aliphatic rings. The van der Waals surface area contributed by atoms with Crippen LogP contribution < -0.4 is 0 Å². The lowest BCUT2D eigenvalue weighted by Gasteiger charge is -2.51. The number of benzene rings is 1. The molecular formula is C17H20F2NO3+. The maximum atomic E-state index is 13.8. The number of hydrogen-bond donors (Lipinski definition) is 0. The monoisotopic (exact) mass is 324 g/mol. The molecule has 6 heteroatoms. The Hall–Kier alpha value is -1.82. The summed E-state index contributed by atoms with van der Waals surface area (Å²) in [5.74, 6) is -1.80. The highest BCUT2D eigenvalue weighted by molar-refractivity contribution is 5.97. The van der Waals surface area contributed by atoms with E-state index in [4.69, 9.17) is 4.74 Å². The molecule has 3 saturated heterocycles. The highest BCUT2D eigenvalue weighted by atomic mass is 19.1. The van der Waals surface area contributed by atoms with E-state index in [9.17, 15) is 18.4 Å². The van der Waals surface area contributed by atoms with Crippen molar-refractivity contribution in [2.75, 3.05) is 26.2 Å². The van der Waals surface area contributed by atoms with Gasteiger partial charge in [0, 0.05) is 31.7 Å². The van der Waals surface area contributed by atoms with Crippen LogP contribution in [0.1, 0.15) is 30.1 Å². The average Bonchev–Trinajstić information content (AvgIpc) is 2.47. The SMILES string of the molecule is CC(=O)O[C@H]1C[N+]2(CC(=O)c3ccc(F)cc3F)CCC1CC2. The fourth-order valence-electron chi connectivity index (χ4n) is 3.90. The largest absolute Gasteiger partial charge is 0.456 e. The number of carbonyl (C=O) groups excluding carboxylic acids is 2. The number of fused-ring (bicyclic) bond motifs is 3. The molecule has 124 valence electrons. The van der Waals surface area contributed by atoms with Gasteiger partial charge >= 0.3 is 5.97 Å². The average molecular weight is 324 g/mol. The lowest BCUT2D eigenvalue weighted by Crippen LogP contribution is -2.65. The van der Waals surface area contributed by atoms with E-state index < -0.39 is 11.6 Å². The third kappa shape index (κ3) is 3.27. The van der Waals surface area contributed by atoms with E-state index in [1.54, 1.807) is 0 Å². The van der Waals surface area contributed by atoms with Gasteiger partial charge in [0.1, 0.15) is 24.7 Å². The smallest absolute Gasteiger partial charge is 0.303 e. The molecule has 23 heavy (non-hydrogen) atoms. The van der Waals surface area contributed by atoms with Crippen LogP contribution in [-0.2, 0) is 9.53 Å². The zero-order valence-electron chi connectivity index (χ0n) is 13.1. The number of hydrogen-bond acceptors (Lipinski definition) is 3. The molecule has 4 rings (SSSR count). The summed E-state index contributed by atoms with van der Waals surface area (Å²) in [4.78, 5) is 23.7. The second-order valence-corrected chi connectivity index (χ2v) is 6.66. The van der Waals surface area contributed by atoms with E-state index in [1.165, 1.54) is 13.0 Å². The molecular weight excluding hydrogens is 304 g/mol. The van der Waals surface area contributed by atoms with Gasteiger partial charge in [-0.1, -0.05) is 0 Å². The van der Waals surface area contributed by atoms with Gasteiger partial charge in [0.05, 0.1) is 18.7 Å². The number of carbonyl (C=O) groups is 2. The molecule has 1 atom stereocenters. The molecule has 0 spiro atoms. The van der Waals surface area contributed by atoms with Crippen molar-refractivity contribution >= 4 is 11.8 Å². The zero-order valence-corrected chi connectivity index (χ0v) is 13.1. The normalized spacial score (nSPS) is 29.3. The van der Waals surface area contributed by atoms with Gasteiger partial charge in [0.2, 0.25) is 5.78 Å². The fourth-order valence-corrected chi connectivity index (χ4v) is 3.90. The van der Waals surface area contributed by atoms with Gasteiger partial charge in [0.15, 0.2) is 6.10 Å². The van der Waals surface area contributed by atoms with E-state index in [0.717, 1.165) is 38.1 Å². The number of Topliss-reactive ketones (excluding diaryl/α,β-unsaturated/α-hetero) is 1. The van der Waals surface area contributed by atoms with Crippen molar-refractivity contribution in [2.45, 2.75) is 25.9 Å². The van der Waals surface area contributed by atoms with Crippen molar-refractivity contribution in [2.24, 2.45) is 5.92 Å². The van der Waals surface area contributed by atoms with Crippen LogP contribution in [0, 0.1) is 17.6 Å². The predicted octanol–water partition coefficient (Wildman–Crippen LogP) is 2.32. The number of nitrogens with zero attached hydrogens (tertiary/aromatic N) is 1. The summed E-state index contributed by atoms with van der Waals surface area (Å²) in [5.41, 5.74) is -0.0735. The maximum absolute atomic E-state index is 13.8. The van der Waals surface area contributed by atoms with Gasteiger partial charge in [-0.2, -0.15) is 0 Å². The van der Waals surface area contributed by atoms with Crippen molar-refractivity contribution in [3.8, 4) is 0 Å². The van der Waals surface area contributed by atoms with Gasteiger partial charge in [-0.3, -0.25) is 9.59 Å². The highest BCUT2D eigenvalue weighted by Crippen LogP contribution is 2.35. The summed E-state index contributed by atoms with van der Waals surface area (Å²) in [6.45, 7) is 3.81. The minimum absolute atomic E-state index is 0.0735. The second kappa shape index (κ2) is 6.00. The molecule has 3 aliphatic heterocycles. The number of quaternary nitrogens is 1. The third-order valence-corrected chi connectivity index (χ3v) is 5.07. The zero-order chi connectivity index (χ0) is 16.6. The Labute approximate surface area is 133 Å². The first-order chi connectivity index (χ1) is 10.9. The first-order valence-electron chi connectivity index (χ1n) is 7.89. The van der Waals surface area contributed by atoms with Crippen molar-refractivity contribution in [3.63, 3.8) is 0 Å². The quantitative estimate of drug-likeness (QED) is 0.485. The molecule has 0 amide bonds. The molecule has 4 nitrogen and oxygen atoms in total. The summed E-state index contributed by atoms with van der Waals surface area (Å²) >= 11 is 0. The number of halogens is 2. The first kappa shape index (κ1) is 16.1. The number of ketones is 1. The molecule has 0 aromatic heterocycles. The van der Waals surface area contributed by atoms with Gasteiger partial charge < -0.3 is 9.22 Å². The number of esters is 1. The minimum atomic E-state index is -0.823. The Balaban J connectivity index is 1.75. The Morgan fingerprint density at radius 2 is 1.96 bits per heavy atom. The minimum Gasteiger partial charge on any atom is -0.456 e. The standard InChI is InChI=1S/C17H20F2NO3/c1-11(21)23-17-10-20(6-4-12(17)5-7-20)9-16(22)14-3-2-13(18)8-15(14)19/h2-3,8,12,17H,4-7,9-10H2,1H3/q+1/t12?,17-,20?/m0/s1. The van der Waals surface area contributed by atoms with Crippen molar-refractivity contribution in [1.82, 2.24) is 0 Å². The lowest BCUT2D eigenvalue weighted by molar-refractivity contribution is -0.938.